The van der Waals surface area contributed by atoms with Crippen LogP contribution < -0.4 is 0 Å². The van der Waals surface area contributed by atoms with Gasteiger partial charge in [-0.05, 0) is 6.92 Å². The van der Waals surface area contributed by atoms with Crippen molar-refractivity contribution >= 4 is 0 Å². The molecule has 3 heteroatoms. The molecular weight excluding hydrogens is 138 g/mol. The molecule has 0 unspecified atom stereocenters. The monoisotopic (exact) mass is 153 g/mol. The van der Waals surface area contributed by atoms with Gasteiger partial charge in [-0.2, -0.15) is 5.10 Å². The van der Waals surface area contributed by atoms with Gasteiger partial charge in [-0.15, -0.1) is 0 Å². The van der Waals surface area contributed by atoms with E-state index in [-0.39, 0.29) is 5.41 Å². The lowest BCUT2D eigenvalue weighted by atomic mass is 9.96. The molecule has 0 N–H and O–H groups in total. The zero-order valence-corrected chi connectivity index (χ0v) is 7.84. The van der Waals surface area contributed by atoms with Crippen LogP contribution in [0.5, 0.6) is 0 Å². The average molecular weight is 153 g/mol. The Labute approximate surface area is 67.4 Å². The number of hydrogen-bond donors (Lipinski definition) is 0. The quantitative estimate of drug-likeness (QED) is 0.564. The first-order chi connectivity index (χ1) is 4.91. The first-order valence-corrected chi connectivity index (χ1v) is 3.79. The molecule has 0 atom stereocenters. The molecule has 0 aliphatic carbocycles. The zero-order valence-electron chi connectivity index (χ0n) is 7.84. The number of hydrogen-bond acceptors (Lipinski definition) is 2. The van der Waals surface area contributed by atoms with Gasteiger partial charge in [0.1, 0.15) is 5.82 Å². The minimum Gasteiger partial charge on any atom is -0.253 e. The van der Waals surface area contributed by atoms with E-state index in [0.29, 0.717) is 0 Å². The summed E-state index contributed by atoms with van der Waals surface area (Å²) in [5.74, 6) is 1.88. The van der Waals surface area contributed by atoms with Gasteiger partial charge in [0.2, 0.25) is 0 Å². The molecule has 0 saturated heterocycles. The standard InChI is InChI=1S/C8H15N3/c1-6-9-7(8(2,3)4)10-11(6)5/h1-5H3. The second kappa shape index (κ2) is 2.32. The lowest BCUT2D eigenvalue weighted by Gasteiger charge is -2.11. The Morgan fingerprint density at radius 1 is 1.27 bits per heavy atom. The first kappa shape index (κ1) is 8.24. The maximum atomic E-state index is 4.33. The zero-order chi connectivity index (χ0) is 8.65. The predicted octanol–water partition coefficient (Wildman–Crippen LogP) is 1.42. The van der Waals surface area contributed by atoms with Crippen LogP contribution in [-0.2, 0) is 12.5 Å². The van der Waals surface area contributed by atoms with E-state index >= 15 is 0 Å². The van der Waals surface area contributed by atoms with Crippen LogP contribution >= 0.6 is 0 Å². The summed E-state index contributed by atoms with van der Waals surface area (Å²) in [6.07, 6.45) is 0. The van der Waals surface area contributed by atoms with Crippen LogP contribution in [0.1, 0.15) is 32.4 Å². The fraction of sp³-hybridized carbons (Fsp3) is 0.750. The van der Waals surface area contributed by atoms with Gasteiger partial charge in [-0.3, -0.25) is 4.68 Å². The highest BCUT2D eigenvalue weighted by Gasteiger charge is 2.19. The second-order valence-electron chi connectivity index (χ2n) is 3.86. The van der Waals surface area contributed by atoms with Crippen LogP contribution in [0.4, 0.5) is 0 Å². The van der Waals surface area contributed by atoms with E-state index in [2.05, 4.69) is 30.9 Å². The Kier molecular flexibility index (Phi) is 1.74. The Morgan fingerprint density at radius 3 is 2.00 bits per heavy atom. The van der Waals surface area contributed by atoms with Crippen LogP contribution in [0.15, 0.2) is 0 Å². The Hall–Kier alpha value is -0.860. The summed E-state index contributed by atoms with van der Waals surface area (Å²) in [5, 5.41) is 4.29. The molecule has 11 heavy (non-hydrogen) atoms. The molecule has 0 spiro atoms. The van der Waals surface area contributed by atoms with E-state index in [0.717, 1.165) is 11.6 Å². The van der Waals surface area contributed by atoms with Crippen molar-refractivity contribution in [2.24, 2.45) is 7.05 Å². The highest BCUT2D eigenvalue weighted by atomic mass is 15.3. The van der Waals surface area contributed by atoms with E-state index in [1.54, 1.807) is 4.68 Å². The molecule has 0 bridgehead atoms. The van der Waals surface area contributed by atoms with Gasteiger partial charge in [0.15, 0.2) is 5.82 Å². The van der Waals surface area contributed by atoms with Crippen LogP contribution in [-0.4, -0.2) is 14.8 Å². The third kappa shape index (κ3) is 1.59. The van der Waals surface area contributed by atoms with Gasteiger partial charge in [0.25, 0.3) is 0 Å². The van der Waals surface area contributed by atoms with E-state index in [1.807, 2.05) is 14.0 Å². The minimum atomic E-state index is 0.0615. The summed E-state index contributed by atoms with van der Waals surface area (Å²) in [4.78, 5) is 4.33. The number of aromatic nitrogens is 3. The number of nitrogens with zero attached hydrogens (tertiary/aromatic N) is 3. The summed E-state index contributed by atoms with van der Waals surface area (Å²) in [6, 6.07) is 0. The fourth-order valence-electron chi connectivity index (χ4n) is 0.780. The molecule has 1 aromatic heterocycles. The van der Waals surface area contributed by atoms with Gasteiger partial charge in [-0.1, -0.05) is 20.8 Å². The minimum absolute atomic E-state index is 0.0615. The second-order valence-corrected chi connectivity index (χ2v) is 3.86. The van der Waals surface area contributed by atoms with E-state index in [1.165, 1.54) is 0 Å². The number of rotatable bonds is 0. The lowest BCUT2D eigenvalue weighted by molar-refractivity contribution is 0.538. The van der Waals surface area contributed by atoms with Crippen molar-refractivity contribution in [1.82, 2.24) is 14.8 Å². The molecular formula is C8H15N3. The largest absolute Gasteiger partial charge is 0.253 e. The normalized spacial score (nSPS) is 12.1. The molecule has 0 radical (unpaired) electrons. The maximum Gasteiger partial charge on any atom is 0.156 e. The van der Waals surface area contributed by atoms with E-state index in [4.69, 9.17) is 0 Å². The van der Waals surface area contributed by atoms with Crippen molar-refractivity contribution in [2.45, 2.75) is 33.1 Å². The molecule has 0 aromatic carbocycles. The third-order valence-electron chi connectivity index (χ3n) is 1.65. The van der Waals surface area contributed by atoms with Crippen molar-refractivity contribution < 1.29 is 0 Å². The van der Waals surface area contributed by atoms with Crippen molar-refractivity contribution in [3.63, 3.8) is 0 Å². The van der Waals surface area contributed by atoms with Crippen LogP contribution in [0, 0.1) is 6.92 Å². The molecule has 3 nitrogen and oxygen atoms in total. The molecule has 1 heterocycles. The average Bonchev–Trinajstić information content (AvgIpc) is 2.11. The Balaban J connectivity index is 3.08. The van der Waals surface area contributed by atoms with Crippen molar-refractivity contribution in [3.8, 4) is 0 Å². The third-order valence-corrected chi connectivity index (χ3v) is 1.65. The highest BCUT2D eigenvalue weighted by molar-refractivity contribution is 5.01. The van der Waals surface area contributed by atoms with Gasteiger partial charge >= 0.3 is 0 Å². The fourth-order valence-corrected chi connectivity index (χ4v) is 0.780. The van der Waals surface area contributed by atoms with Crippen LogP contribution in [0.2, 0.25) is 0 Å². The summed E-state index contributed by atoms with van der Waals surface area (Å²) >= 11 is 0. The molecule has 1 aromatic rings. The molecule has 0 amide bonds. The van der Waals surface area contributed by atoms with Crippen LogP contribution in [0.25, 0.3) is 0 Å². The van der Waals surface area contributed by atoms with Gasteiger partial charge in [0, 0.05) is 12.5 Å². The molecule has 0 aliphatic heterocycles. The van der Waals surface area contributed by atoms with Crippen molar-refractivity contribution in [1.29, 1.82) is 0 Å². The van der Waals surface area contributed by atoms with Gasteiger partial charge in [0.05, 0.1) is 0 Å². The summed E-state index contributed by atoms with van der Waals surface area (Å²) < 4.78 is 1.81. The van der Waals surface area contributed by atoms with Gasteiger partial charge in [-0.25, -0.2) is 4.98 Å². The predicted molar refractivity (Wildman–Crippen MR) is 44.4 cm³/mol. The SMILES string of the molecule is Cc1nc(C(C)(C)C)nn1C. The molecule has 1 rings (SSSR count). The smallest absolute Gasteiger partial charge is 0.156 e. The maximum absolute atomic E-state index is 4.33. The summed E-state index contributed by atoms with van der Waals surface area (Å²) in [6.45, 7) is 8.30. The highest BCUT2D eigenvalue weighted by Crippen LogP contribution is 2.17. The first-order valence-electron chi connectivity index (χ1n) is 3.79. The van der Waals surface area contributed by atoms with Gasteiger partial charge < -0.3 is 0 Å². The molecule has 0 saturated carbocycles. The van der Waals surface area contributed by atoms with E-state index in [9.17, 15) is 0 Å². The lowest BCUT2D eigenvalue weighted by Crippen LogP contribution is -2.13. The molecule has 0 fully saturated rings. The van der Waals surface area contributed by atoms with Crippen molar-refractivity contribution in [3.05, 3.63) is 11.6 Å². The van der Waals surface area contributed by atoms with E-state index < -0.39 is 0 Å². The summed E-state index contributed by atoms with van der Waals surface area (Å²) in [7, 11) is 1.91. The Bertz CT molecular complexity index is 235. The number of aryl methyl sites for hydroxylation is 2. The molecule has 0 aliphatic rings. The molecule has 62 valence electrons. The Morgan fingerprint density at radius 2 is 1.82 bits per heavy atom. The topological polar surface area (TPSA) is 30.7 Å². The summed E-state index contributed by atoms with van der Waals surface area (Å²) in [5.41, 5.74) is 0.0615. The van der Waals surface area contributed by atoms with Crippen molar-refractivity contribution in [2.75, 3.05) is 0 Å². The van der Waals surface area contributed by atoms with Crippen LogP contribution in [0.3, 0.4) is 0 Å².